The van der Waals surface area contributed by atoms with Gasteiger partial charge in [0.25, 0.3) is 0 Å². The summed E-state index contributed by atoms with van der Waals surface area (Å²) in [5.74, 6) is 2.24. The van der Waals surface area contributed by atoms with Gasteiger partial charge in [-0.2, -0.15) is 0 Å². The van der Waals surface area contributed by atoms with Crippen LogP contribution in [0.1, 0.15) is 11.1 Å². The van der Waals surface area contributed by atoms with Gasteiger partial charge in [0.2, 0.25) is 5.95 Å². The summed E-state index contributed by atoms with van der Waals surface area (Å²) in [7, 11) is 1.69. The molecule has 0 amide bonds. The van der Waals surface area contributed by atoms with E-state index in [0.29, 0.717) is 12.6 Å². The number of rotatable bonds is 7. The minimum Gasteiger partial charge on any atom is -0.497 e. The van der Waals surface area contributed by atoms with E-state index in [-0.39, 0.29) is 0 Å². The third-order valence-corrected chi connectivity index (χ3v) is 5.97. The van der Waals surface area contributed by atoms with Crippen LogP contribution in [0.5, 0.6) is 11.5 Å². The molecule has 0 spiro atoms. The zero-order chi connectivity index (χ0) is 21.8. The molecule has 2 heterocycles. The number of aryl methyl sites for hydroxylation is 2. The number of hydrogen-bond acceptors (Lipinski definition) is 7. The molecule has 3 aromatic rings. The third kappa shape index (κ3) is 4.69. The number of fused-ring (bicyclic) bond motifs is 3. The molecular formula is C25H28N4O3. The summed E-state index contributed by atoms with van der Waals surface area (Å²) in [4.78, 5) is 11.7. The molecule has 0 unspecified atom stereocenters. The predicted octanol–water partition coefficient (Wildman–Crippen LogP) is 3.71. The third-order valence-electron chi connectivity index (χ3n) is 5.97. The highest BCUT2D eigenvalue weighted by Crippen LogP contribution is 2.35. The number of nitrogens with one attached hydrogen (secondary N) is 1. The molecule has 7 heteroatoms. The Hall–Kier alpha value is -3.16. The summed E-state index contributed by atoms with van der Waals surface area (Å²) < 4.78 is 16.8. The highest BCUT2D eigenvalue weighted by molar-refractivity contribution is 5.72. The van der Waals surface area contributed by atoms with E-state index in [1.54, 1.807) is 7.11 Å². The maximum atomic E-state index is 5.97. The van der Waals surface area contributed by atoms with E-state index in [1.165, 1.54) is 5.56 Å². The fourth-order valence-electron chi connectivity index (χ4n) is 4.18. The van der Waals surface area contributed by atoms with Crippen LogP contribution >= 0.6 is 0 Å². The SMILES string of the molecule is COc1ccc2c(c1)-c1nc(Nc3cccc(OCCN4CCOCC4)c3)ncc1CC2. The zero-order valence-electron chi connectivity index (χ0n) is 18.3. The molecule has 2 aliphatic rings. The number of benzene rings is 2. The lowest BCUT2D eigenvalue weighted by Crippen LogP contribution is -2.38. The molecule has 32 heavy (non-hydrogen) atoms. The van der Waals surface area contributed by atoms with Crippen molar-refractivity contribution in [2.75, 3.05) is 51.9 Å². The summed E-state index contributed by atoms with van der Waals surface area (Å²) in [5, 5.41) is 3.33. The van der Waals surface area contributed by atoms with Crippen LogP contribution in [0, 0.1) is 0 Å². The van der Waals surface area contributed by atoms with E-state index < -0.39 is 0 Å². The van der Waals surface area contributed by atoms with E-state index in [9.17, 15) is 0 Å². The van der Waals surface area contributed by atoms with Gasteiger partial charge in [0.1, 0.15) is 18.1 Å². The van der Waals surface area contributed by atoms with E-state index in [2.05, 4.69) is 27.3 Å². The molecule has 1 N–H and O–H groups in total. The topological polar surface area (TPSA) is 68.7 Å². The first-order valence-corrected chi connectivity index (χ1v) is 11.1. The average molecular weight is 433 g/mol. The number of hydrogen-bond donors (Lipinski definition) is 1. The Morgan fingerprint density at radius 1 is 1.03 bits per heavy atom. The number of methoxy groups -OCH3 is 1. The number of anilines is 2. The van der Waals surface area contributed by atoms with Gasteiger partial charge in [-0.15, -0.1) is 0 Å². The zero-order valence-corrected chi connectivity index (χ0v) is 18.3. The van der Waals surface area contributed by atoms with Crippen molar-refractivity contribution in [2.24, 2.45) is 0 Å². The van der Waals surface area contributed by atoms with Gasteiger partial charge in [-0.1, -0.05) is 12.1 Å². The van der Waals surface area contributed by atoms with Gasteiger partial charge in [-0.05, 0) is 48.2 Å². The fourth-order valence-corrected chi connectivity index (χ4v) is 4.18. The van der Waals surface area contributed by atoms with Gasteiger partial charge in [-0.3, -0.25) is 4.90 Å². The predicted molar refractivity (Wildman–Crippen MR) is 124 cm³/mol. The van der Waals surface area contributed by atoms with Crippen molar-refractivity contribution in [1.82, 2.24) is 14.9 Å². The Morgan fingerprint density at radius 2 is 1.91 bits per heavy atom. The van der Waals surface area contributed by atoms with Crippen molar-refractivity contribution >= 4 is 11.6 Å². The average Bonchev–Trinajstić information content (AvgIpc) is 2.84. The fraction of sp³-hybridized carbons (Fsp3) is 0.360. The summed E-state index contributed by atoms with van der Waals surface area (Å²) in [6, 6.07) is 14.1. The number of ether oxygens (including phenoxy) is 3. The van der Waals surface area contributed by atoms with Crippen molar-refractivity contribution in [1.29, 1.82) is 0 Å². The summed E-state index contributed by atoms with van der Waals surface area (Å²) in [5.41, 5.74) is 5.45. The van der Waals surface area contributed by atoms with Crippen LogP contribution in [-0.2, 0) is 17.6 Å². The molecule has 166 valence electrons. The molecule has 0 radical (unpaired) electrons. The van der Waals surface area contributed by atoms with Gasteiger partial charge in [-0.25, -0.2) is 9.97 Å². The summed E-state index contributed by atoms with van der Waals surface area (Å²) in [6.07, 6.45) is 3.86. The maximum Gasteiger partial charge on any atom is 0.227 e. The van der Waals surface area contributed by atoms with Crippen molar-refractivity contribution in [2.45, 2.75) is 12.8 Å². The van der Waals surface area contributed by atoms with Crippen molar-refractivity contribution in [3.63, 3.8) is 0 Å². The first kappa shape index (κ1) is 20.7. The first-order chi connectivity index (χ1) is 15.8. The quantitative estimate of drug-likeness (QED) is 0.610. The molecule has 2 aromatic carbocycles. The molecule has 0 bridgehead atoms. The van der Waals surface area contributed by atoms with Crippen LogP contribution in [0.4, 0.5) is 11.6 Å². The number of nitrogens with zero attached hydrogens (tertiary/aromatic N) is 3. The van der Waals surface area contributed by atoms with E-state index >= 15 is 0 Å². The Bertz CT molecular complexity index is 1080. The normalized spacial score (nSPS) is 15.5. The van der Waals surface area contributed by atoms with Gasteiger partial charge in [0.15, 0.2) is 0 Å². The maximum absolute atomic E-state index is 5.97. The standard InChI is InChI=1S/C25H28N4O3/c1-30-21-8-7-18-5-6-19-17-26-25(28-24(19)23(18)16-21)27-20-3-2-4-22(15-20)32-14-11-29-9-12-31-13-10-29/h2-4,7-8,15-17H,5-6,9-14H2,1H3,(H,26,27,28). The van der Waals surface area contributed by atoms with Crippen LogP contribution in [0.15, 0.2) is 48.7 Å². The molecule has 1 aromatic heterocycles. The van der Waals surface area contributed by atoms with Crippen LogP contribution in [0.2, 0.25) is 0 Å². The van der Waals surface area contributed by atoms with Crippen LogP contribution in [-0.4, -0.2) is 61.4 Å². The van der Waals surface area contributed by atoms with E-state index in [4.69, 9.17) is 19.2 Å². The van der Waals surface area contributed by atoms with Crippen molar-refractivity contribution in [3.05, 3.63) is 59.8 Å². The number of aromatic nitrogens is 2. The van der Waals surface area contributed by atoms with Crippen molar-refractivity contribution in [3.8, 4) is 22.8 Å². The second kappa shape index (κ2) is 9.54. The molecule has 1 aliphatic carbocycles. The highest BCUT2D eigenvalue weighted by atomic mass is 16.5. The Kier molecular flexibility index (Phi) is 6.18. The first-order valence-electron chi connectivity index (χ1n) is 11.1. The Morgan fingerprint density at radius 3 is 2.78 bits per heavy atom. The molecule has 5 rings (SSSR count). The minimum atomic E-state index is 0.574. The minimum absolute atomic E-state index is 0.574. The summed E-state index contributed by atoms with van der Waals surface area (Å²) >= 11 is 0. The molecule has 1 saturated heterocycles. The molecule has 1 aliphatic heterocycles. The largest absolute Gasteiger partial charge is 0.497 e. The van der Waals surface area contributed by atoms with Crippen LogP contribution in [0.25, 0.3) is 11.3 Å². The second-order valence-corrected chi connectivity index (χ2v) is 8.05. The van der Waals surface area contributed by atoms with Gasteiger partial charge in [0.05, 0.1) is 26.0 Å². The Labute approximate surface area is 188 Å². The van der Waals surface area contributed by atoms with Crippen LogP contribution in [0.3, 0.4) is 0 Å². The van der Waals surface area contributed by atoms with Gasteiger partial charge >= 0.3 is 0 Å². The monoisotopic (exact) mass is 432 g/mol. The number of morpholine rings is 1. The second-order valence-electron chi connectivity index (χ2n) is 8.05. The molecular weight excluding hydrogens is 404 g/mol. The smallest absolute Gasteiger partial charge is 0.227 e. The van der Waals surface area contributed by atoms with Gasteiger partial charge in [0, 0.05) is 43.1 Å². The van der Waals surface area contributed by atoms with Crippen LogP contribution < -0.4 is 14.8 Å². The lowest BCUT2D eigenvalue weighted by Gasteiger charge is -2.26. The molecule has 0 saturated carbocycles. The van der Waals surface area contributed by atoms with Gasteiger partial charge < -0.3 is 19.5 Å². The highest BCUT2D eigenvalue weighted by Gasteiger charge is 2.19. The lowest BCUT2D eigenvalue weighted by atomic mass is 9.90. The lowest BCUT2D eigenvalue weighted by molar-refractivity contribution is 0.0322. The Balaban J connectivity index is 1.28. The molecule has 0 atom stereocenters. The van der Waals surface area contributed by atoms with Crippen molar-refractivity contribution < 1.29 is 14.2 Å². The summed E-state index contributed by atoms with van der Waals surface area (Å²) in [6.45, 7) is 5.09. The van der Waals surface area contributed by atoms with E-state index in [0.717, 1.165) is 79.7 Å². The van der Waals surface area contributed by atoms with E-state index in [1.807, 2.05) is 36.5 Å². The molecule has 1 fully saturated rings. The molecule has 7 nitrogen and oxygen atoms in total.